The first-order valence-corrected chi connectivity index (χ1v) is 12.5. The number of halogens is 1. The second-order valence-electron chi connectivity index (χ2n) is 8.04. The van der Waals surface area contributed by atoms with Crippen molar-refractivity contribution in [3.05, 3.63) is 47.0 Å². The Hall–Kier alpha value is -2.72. The summed E-state index contributed by atoms with van der Waals surface area (Å²) in [5.41, 5.74) is 1.35. The molecule has 0 saturated carbocycles. The van der Waals surface area contributed by atoms with Crippen molar-refractivity contribution in [2.45, 2.75) is 52.0 Å². The van der Waals surface area contributed by atoms with Gasteiger partial charge in [-0.3, -0.25) is 4.79 Å². The van der Waals surface area contributed by atoms with Crippen molar-refractivity contribution >= 4 is 27.6 Å². The summed E-state index contributed by atoms with van der Waals surface area (Å²) in [6.07, 6.45) is 0.994. The van der Waals surface area contributed by atoms with Crippen LogP contribution < -0.4 is 5.32 Å². The van der Waals surface area contributed by atoms with Crippen LogP contribution in [-0.2, 0) is 26.1 Å². The second kappa shape index (κ2) is 10.0. The van der Waals surface area contributed by atoms with Crippen LogP contribution in [0.2, 0.25) is 0 Å². The molecule has 1 saturated heterocycles. The number of nitrogens with zero attached hydrogens (tertiary/aromatic N) is 2. The summed E-state index contributed by atoms with van der Waals surface area (Å²) in [7, 11) is -4.07. The van der Waals surface area contributed by atoms with Gasteiger partial charge in [0, 0.05) is 36.7 Å². The number of hydrogen-bond donors (Lipinski definition) is 1. The Bertz CT molecular complexity index is 1160. The smallest absolute Gasteiger partial charge is 0.341 e. The van der Waals surface area contributed by atoms with Gasteiger partial charge in [-0.15, -0.1) is 0 Å². The van der Waals surface area contributed by atoms with Crippen molar-refractivity contribution in [1.82, 2.24) is 8.87 Å². The molecule has 0 spiro atoms. The summed E-state index contributed by atoms with van der Waals surface area (Å²) in [5.74, 6) is -2.12. The van der Waals surface area contributed by atoms with Crippen LogP contribution in [0.3, 0.4) is 0 Å². The largest absolute Gasteiger partial charge is 0.462 e. The lowest BCUT2D eigenvalue weighted by atomic mass is 9.99. The SMILES string of the molecule is CCOC(=O)c1c(S(=O)(=O)N2CCC[C@@H](C(=O)Nc3cccc(F)c3)C2)c(C)n(CC)c1C. The zero-order chi connectivity index (χ0) is 24.3. The topological polar surface area (TPSA) is 97.7 Å². The summed E-state index contributed by atoms with van der Waals surface area (Å²) in [5, 5.41) is 2.67. The number of anilines is 1. The number of piperidine rings is 1. The molecule has 2 heterocycles. The van der Waals surface area contributed by atoms with Gasteiger partial charge in [-0.25, -0.2) is 17.6 Å². The molecule has 180 valence electrons. The van der Waals surface area contributed by atoms with E-state index in [1.54, 1.807) is 31.4 Å². The Balaban J connectivity index is 1.91. The van der Waals surface area contributed by atoms with Crippen LogP contribution in [0.25, 0.3) is 0 Å². The van der Waals surface area contributed by atoms with Crippen molar-refractivity contribution in [3.63, 3.8) is 0 Å². The number of sulfonamides is 1. The number of carbonyl (C=O) groups is 2. The van der Waals surface area contributed by atoms with E-state index in [9.17, 15) is 22.4 Å². The molecule has 1 atom stereocenters. The number of nitrogens with one attached hydrogen (secondary N) is 1. The Morgan fingerprint density at radius 1 is 1.21 bits per heavy atom. The molecule has 33 heavy (non-hydrogen) atoms. The maximum Gasteiger partial charge on any atom is 0.341 e. The summed E-state index contributed by atoms with van der Waals surface area (Å²) >= 11 is 0. The average molecular weight is 480 g/mol. The van der Waals surface area contributed by atoms with Gasteiger partial charge < -0.3 is 14.6 Å². The van der Waals surface area contributed by atoms with E-state index in [2.05, 4.69) is 5.32 Å². The molecule has 1 aromatic carbocycles. The molecule has 0 unspecified atom stereocenters. The molecule has 1 fully saturated rings. The molecular weight excluding hydrogens is 449 g/mol. The van der Waals surface area contributed by atoms with Crippen LogP contribution in [0.1, 0.15) is 48.4 Å². The van der Waals surface area contributed by atoms with Gasteiger partial charge in [-0.05, 0) is 58.7 Å². The Kier molecular flexibility index (Phi) is 7.58. The first-order chi connectivity index (χ1) is 15.6. The van der Waals surface area contributed by atoms with Gasteiger partial charge in [0.1, 0.15) is 16.3 Å². The first-order valence-electron chi connectivity index (χ1n) is 11.0. The highest BCUT2D eigenvalue weighted by atomic mass is 32.2. The van der Waals surface area contributed by atoms with Crippen molar-refractivity contribution in [2.24, 2.45) is 5.92 Å². The Labute approximate surface area is 193 Å². The molecule has 2 aromatic rings. The zero-order valence-electron chi connectivity index (χ0n) is 19.4. The monoisotopic (exact) mass is 479 g/mol. The van der Waals surface area contributed by atoms with Crippen LogP contribution in [0.5, 0.6) is 0 Å². The van der Waals surface area contributed by atoms with Crippen LogP contribution >= 0.6 is 0 Å². The molecule has 1 aliphatic rings. The molecule has 1 aromatic heterocycles. The van der Waals surface area contributed by atoms with Crippen LogP contribution in [-0.4, -0.2) is 48.9 Å². The number of amides is 1. The molecule has 1 N–H and O–H groups in total. The van der Waals surface area contributed by atoms with Gasteiger partial charge in [-0.2, -0.15) is 4.31 Å². The lowest BCUT2D eigenvalue weighted by molar-refractivity contribution is -0.120. The number of hydrogen-bond acceptors (Lipinski definition) is 5. The fraction of sp³-hybridized carbons (Fsp3) is 0.478. The molecule has 0 bridgehead atoms. The average Bonchev–Trinajstić information content (AvgIpc) is 3.04. The van der Waals surface area contributed by atoms with E-state index in [4.69, 9.17) is 4.74 Å². The van der Waals surface area contributed by atoms with E-state index in [1.807, 2.05) is 6.92 Å². The molecule has 10 heteroatoms. The van der Waals surface area contributed by atoms with Crippen LogP contribution in [0.4, 0.5) is 10.1 Å². The molecular formula is C23H30FN3O5S. The van der Waals surface area contributed by atoms with E-state index in [-0.39, 0.29) is 36.1 Å². The summed E-state index contributed by atoms with van der Waals surface area (Å²) in [4.78, 5) is 25.4. The number of benzene rings is 1. The predicted molar refractivity (Wildman–Crippen MR) is 122 cm³/mol. The lowest BCUT2D eigenvalue weighted by Gasteiger charge is -2.31. The van der Waals surface area contributed by atoms with Gasteiger partial charge in [0.15, 0.2) is 0 Å². The Morgan fingerprint density at radius 2 is 1.94 bits per heavy atom. The highest BCUT2D eigenvalue weighted by Crippen LogP contribution is 2.33. The normalized spacial score (nSPS) is 17.1. The molecule has 0 radical (unpaired) electrons. The van der Waals surface area contributed by atoms with Crippen molar-refractivity contribution < 1.29 is 27.1 Å². The molecule has 3 rings (SSSR count). The summed E-state index contributed by atoms with van der Waals surface area (Å²) in [6.45, 7) is 7.75. The van der Waals surface area contributed by atoms with E-state index in [0.29, 0.717) is 36.5 Å². The van der Waals surface area contributed by atoms with Crippen molar-refractivity contribution in [1.29, 1.82) is 0 Å². The molecule has 0 aliphatic carbocycles. The van der Waals surface area contributed by atoms with Gasteiger partial charge in [0.2, 0.25) is 15.9 Å². The second-order valence-corrected chi connectivity index (χ2v) is 9.92. The fourth-order valence-electron chi connectivity index (χ4n) is 4.40. The standard InChI is InChI=1S/C23H30FN3O5S/c1-5-27-15(3)20(23(29)32-6-2)21(16(27)4)33(30,31)26-12-8-9-17(14-26)22(28)25-19-11-7-10-18(24)13-19/h7,10-11,13,17H,5-6,8-9,12,14H2,1-4H3,(H,25,28)/t17-/m1/s1. The lowest BCUT2D eigenvalue weighted by Crippen LogP contribution is -2.44. The predicted octanol–water partition coefficient (Wildman–Crippen LogP) is 3.48. The minimum Gasteiger partial charge on any atom is -0.462 e. The molecule has 1 amide bonds. The molecule has 8 nitrogen and oxygen atoms in total. The minimum atomic E-state index is -4.07. The number of aromatic nitrogens is 1. The van der Waals surface area contributed by atoms with E-state index >= 15 is 0 Å². The first kappa shape index (κ1) is 24.9. The maximum absolute atomic E-state index is 13.7. The summed E-state index contributed by atoms with van der Waals surface area (Å²) < 4.78 is 49.1. The van der Waals surface area contributed by atoms with Crippen LogP contribution in [0.15, 0.2) is 29.2 Å². The van der Waals surface area contributed by atoms with E-state index in [1.165, 1.54) is 22.5 Å². The fourth-order valence-corrected chi connectivity index (χ4v) is 6.38. The third-order valence-electron chi connectivity index (χ3n) is 5.97. The van der Waals surface area contributed by atoms with Gasteiger partial charge in [0.25, 0.3) is 0 Å². The highest BCUT2D eigenvalue weighted by molar-refractivity contribution is 7.89. The highest BCUT2D eigenvalue weighted by Gasteiger charge is 2.39. The number of carbonyl (C=O) groups excluding carboxylic acids is 2. The van der Waals surface area contributed by atoms with Crippen molar-refractivity contribution in [2.75, 3.05) is 25.0 Å². The number of ether oxygens (including phenoxy) is 1. The van der Waals surface area contributed by atoms with Gasteiger partial charge in [0.05, 0.1) is 12.5 Å². The van der Waals surface area contributed by atoms with Gasteiger partial charge in [-0.1, -0.05) is 6.07 Å². The van der Waals surface area contributed by atoms with Crippen molar-refractivity contribution in [3.8, 4) is 0 Å². The molecule has 1 aliphatic heterocycles. The third kappa shape index (κ3) is 4.96. The van der Waals surface area contributed by atoms with Crippen LogP contribution in [0, 0.1) is 25.6 Å². The third-order valence-corrected chi connectivity index (χ3v) is 7.99. The van der Waals surface area contributed by atoms with Gasteiger partial charge >= 0.3 is 5.97 Å². The number of rotatable bonds is 7. The maximum atomic E-state index is 13.7. The minimum absolute atomic E-state index is 0.0262. The summed E-state index contributed by atoms with van der Waals surface area (Å²) in [6, 6.07) is 5.55. The zero-order valence-corrected chi connectivity index (χ0v) is 20.2. The number of esters is 1. The van der Waals surface area contributed by atoms with E-state index in [0.717, 1.165) is 0 Å². The van der Waals surface area contributed by atoms with E-state index < -0.39 is 27.7 Å². The Morgan fingerprint density at radius 3 is 2.58 bits per heavy atom. The quantitative estimate of drug-likeness (QED) is 0.613.